The van der Waals surface area contributed by atoms with Gasteiger partial charge in [0.15, 0.2) is 0 Å². The van der Waals surface area contributed by atoms with Gasteiger partial charge < -0.3 is 4.74 Å². The van der Waals surface area contributed by atoms with Gasteiger partial charge in [0.05, 0.1) is 15.5 Å². The third-order valence-corrected chi connectivity index (χ3v) is 2.88. The molecule has 0 aliphatic heterocycles. The van der Waals surface area contributed by atoms with Crippen molar-refractivity contribution in [2.45, 2.75) is 0 Å². The van der Waals surface area contributed by atoms with Crippen LogP contribution in [0.1, 0.15) is 0 Å². The fourth-order valence-corrected chi connectivity index (χ4v) is 1.63. The van der Waals surface area contributed by atoms with Crippen molar-refractivity contribution < 1.29 is 18.4 Å². The van der Waals surface area contributed by atoms with Crippen LogP contribution in [0.5, 0.6) is 11.5 Å². The molecule has 4 nitrogen and oxygen atoms in total. The van der Waals surface area contributed by atoms with Gasteiger partial charge in [0.2, 0.25) is 5.75 Å². The highest BCUT2D eigenvalue weighted by Crippen LogP contribution is 2.32. The summed E-state index contributed by atoms with van der Waals surface area (Å²) in [5, 5.41) is 10.8. The first-order valence-electron chi connectivity index (χ1n) is 5.04. The first-order valence-corrected chi connectivity index (χ1v) is 5.83. The van der Waals surface area contributed by atoms with Gasteiger partial charge in [0.1, 0.15) is 17.4 Å². The Morgan fingerprint density at radius 2 is 1.89 bits per heavy atom. The Balaban J connectivity index is 2.37. The number of nitrogens with zero attached hydrogens (tertiary/aromatic N) is 1. The molecule has 2 aromatic rings. The minimum Gasteiger partial charge on any atom is -0.450 e. The second kappa shape index (κ2) is 5.31. The average molecular weight is 330 g/mol. The van der Waals surface area contributed by atoms with E-state index in [1.165, 1.54) is 12.1 Å². The Labute approximate surface area is 114 Å². The Kier molecular flexibility index (Phi) is 3.75. The monoisotopic (exact) mass is 329 g/mol. The van der Waals surface area contributed by atoms with Crippen LogP contribution in [0.4, 0.5) is 14.5 Å². The molecule has 2 aromatic carbocycles. The standard InChI is InChI=1S/C12H6BrF2NO3/c13-9-3-2-8(6-10(9)15)19-12-4-1-7(14)5-11(12)16(17)18/h1-6H. The highest BCUT2D eigenvalue weighted by atomic mass is 79.9. The molecule has 0 bridgehead atoms. The van der Waals surface area contributed by atoms with Crippen LogP contribution in [-0.4, -0.2) is 4.92 Å². The molecule has 0 radical (unpaired) electrons. The van der Waals surface area contributed by atoms with Crippen molar-refractivity contribution in [1.82, 2.24) is 0 Å². The molecule has 0 aromatic heterocycles. The van der Waals surface area contributed by atoms with E-state index < -0.39 is 22.2 Å². The first kappa shape index (κ1) is 13.4. The van der Waals surface area contributed by atoms with Crippen LogP contribution < -0.4 is 4.74 Å². The maximum Gasteiger partial charge on any atom is 0.314 e. The lowest BCUT2D eigenvalue weighted by Gasteiger charge is -2.06. The van der Waals surface area contributed by atoms with E-state index in [9.17, 15) is 18.9 Å². The van der Waals surface area contributed by atoms with Gasteiger partial charge in [-0.1, -0.05) is 0 Å². The highest BCUT2D eigenvalue weighted by Gasteiger charge is 2.17. The molecule has 0 amide bonds. The predicted octanol–water partition coefficient (Wildman–Crippen LogP) is 4.43. The fraction of sp³-hybridized carbons (Fsp3) is 0. The van der Waals surface area contributed by atoms with E-state index in [1.54, 1.807) is 0 Å². The van der Waals surface area contributed by atoms with Crippen molar-refractivity contribution >= 4 is 21.6 Å². The number of nitro groups is 1. The number of halogens is 3. The van der Waals surface area contributed by atoms with E-state index in [0.717, 1.165) is 24.3 Å². The summed E-state index contributed by atoms with van der Waals surface area (Å²) in [5.74, 6) is -1.40. The van der Waals surface area contributed by atoms with Crippen molar-refractivity contribution in [3.05, 3.63) is 62.6 Å². The van der Waals surface area contributed by atoms with Gasteiger partial charge in [0, 0.05) is 6.07 Å². The molecule has 7 heteroatoms. The van der Waals surface area contributed by atoms with Crippen LogP contribution >= 0.6 is 15.9 Å². The molecule has 0 N–H and O–H groups in total. The Hall–Kier alpha value is -2.02. The van der Waals surface area contributed by atoms with Crippen LogP contribution in [0.15, 0.2) is 40.9 Å². The molecule has 98 valence electrons. The molecule has 0 saturated carbocycles. The molecule has 0 aliphatic carbocycles. The Morgan fingerprint density at radius 3 is 2.53 bits per heavy atom. The molecular weight excluding hydrogens is 324 g/mol. The summed E-state index contributed by atoms with van der Waals surface area (Å²) in [6.07, 6.45) is 0. The van der Waals surface area contributed by atoms with E-state index in [4.69, 9.17) is 4.74 Å². The van der Waals surface area contributed by atoms with Crippen molar-refractivity contribution in [2.75, 3.05) is 0 Å². The number of rotatable bonds is 3. The molecule has 2 rings (SSSR count). The summed E-state index contributed by atoms with van der Waals surface area (Å²) < 4.78 is 31.7. The molecule has 0 heterocycles. The lowest BCUT2D eigenvalue weighted by Crippen LogP contribution is -1.94. The quantitative estimate of drug-likeness (QED) is 0.618. The first-order chi connectivity index (χ1) is 8.97. The molecule has 0 spiro atoms. The summed E-state index contributed by atoms with van der Waals surface area (Å²) in [5.41, 5.74) is -0.525. The lowest BCUT2D eigenvalue weighted by molar-refractivity contribution is -0.385. The van der Waals surface area contributed by atoms with Crippen molar-refractivity contribution in [3.63, 3.8) is 0 Å². The molecule has 0 atom stereocenters. The molecular formula is C12H6BrF2NO3. The highest BCUT2D eigenvalue weighted by molar-refractivity contribution is 9.10. The number of hydrogen-bond acceptors (Lipinski definition) is 3. The molecule has 19 heavy (non-hydrogen) atoms. The van der Waals surface area contributed by atoms with Crippen molar-refractivity contribution in [1.29, 1.82) is 0 Å². The normalized spacial score (nSPS) is 10.3. The summed E-state index contributed by atoms with van der Waals surface area (Å²) >= 11 is 2.97. The number of nitro benzene ring substituents is 1. The Bertz CT molecular complexity index is 649. The van der Waals surface area contributed by atoms with Crippen LogP contribution in [0.3, 0.4) is 0 Å². The van der Waals surface area contributed by atoms with Crippen LogP contribution in [-0.2, 0) is 0 Å². The van der Waals surface area contributed by atoms with Crippen LogP contribution in [0, 0.1) is 21.7 Å². The van der Waals surface area contributed by atoms with Gasteiger partial charge in [-0.15, -0.1) is 0 Å². The van der Waals surface area contributed by atoms with E-state index >= 15 is 0 Å². The third kappa shape index (κ3) is 3.05. The molecule has 0 saturated heterocycles. The van der Waals surface area contributed by atoms with Crippen LogP contribution in [0.25, 0.3) is 0 Å². The fourth-order valence-electron chi connectivity index (χ4n) is 1.39. The smallest absolute Gasteiger partial charge is 0.314 e. The minimum atomic E-state index is -0.770. The van der Waals surface area contributed by atoms with E-state index in [2.05, 4.69) is 15.9 Å². The van der Waals surface area contributed by atoms with Gasteiger partial charge in [-0.25, -0.2) is 8.78 Å². The van der Waals surface area contributed by atoms with Gasteiger partial charge in [-0.05, 0) is 40.2 Å². The molecule has 0 unspecified atom stereocenters. The van der Waals surface area contributed by atoms with Gasteiger partial charge in [-0.3, -0.25) is 10.1 Å². The number of benzene rings is 2. The second-order valence-corrected chi connectivity index (χ2v) is 4.40. The summed E-state index contributed by atoms with van der Waals surface area (Å²) in [6.45, 7) is 0. The number of hydrogen-bond donors (Lipinski definition) is 0. The summed E-state index contributed by atoms with van der Waals surface area (Å²) in [7, 11) is 0. The zero-order chi connectivity index (χ0) is 14.0. The van der Waals surface area contributed by atoms with Gasteiger partial charge in [0.25, 0.3) is 0 Å². The largest absolute Gasteiger partial charge is 0.450 e. The zero-order valence-corrected chi connectivity index (χ0v) is 10.9. The van der Waals surface area contributed by atoms with Gasteiger partial charge in [-0.2, -0.15) is 0 Å². The topological polar surface area (TPSA) is 52.4 Å². The SMILES string of the molecule is O=[N+]([O-])c1cc(F)ccc1Oc1ccc(Br)c(F)c1. The average Bonchev–Trinajstić information content (AvgIpc) is 2.36. The summed E-state index contributed by atoms with van der Waals surface area (Å²) in [6, 6.07) is 6.78. The lowest BCUT2D eigenvalue weighted by atomic mass is 10.3. The van der Waals surface area contributed by atoms with Gasteiger partial charge >= 0.3 is 5.69 Å². The van der Waals surface area contributed by atoms with E-state index in [0.29, 0.717) is 0 Å². The van der Waals surface area contributed by atoms with Crippen molar-refractivity contribution in [3.8, 4) is 11.5 Å². The Morgan fingerprint density at radius 1 is 1.16 bits per heavy atom. The van der Waals surface area contributed by atoms with Crippen LogP contribution in [0.2, 0.25) is 0 Å². The summed E-state index contributed by atoms with van der Waals surface area (Å²) in [4.78, 5) is 9.99. The second-order valence-electron chi connectivity index (χ2n) is 3.55. The van der Waals surface area contributed by atoms with E-state index in [-0.39, 0.29) is 16.0 Å². The van der Waals surface area contributed by atoms with Crippen molar-refractivity contribution in [2.24, 2.45) is 0 Å². The molecule has 0 aliphatic rings. The minimum absolute atomic E-state index is 0.0791. The number of ether oxygens (including phenoxy) is 1. The maximum absolute atomic E-state index is 13.3. The third-order valence-electron chi connectivity index (χ3n) is 2.24. The zero-order valence-electron chi connectivity index (χ0n) is 9.27. The predicted molar refractivity (Wildman–Crippen MR) is 67.2 cm³/mol. The van der Waals surface area contributed by atoms with E-state index in [1.807, 2.05) is 0 Å². The molecule has 0 fully saturated rings. The maximum atomic E-state index is 13.3.